The van der Waals surface area contributed by atoms with E-state index in [4.69, 9.17) is 11.6 Å². The van der Waals surface area contributed by atoms with E-state index in [1.165, 1.54) is 11.3 Å². The van der Waals surface area contributed by atoms with Crippen molar-refractivity contribution in [3.05, 3.63) is 42.4 Å². The number of anilines is 2. The predicted molar refractivity (Wildman–Crippen MR) is 93.5 cm³/mol. The van der Waals surface area contributed by atoms with E-state index in [-0.39, 0.29) is 5.91 Å². The molecule has 1 amide bonds. The van der Waals surface area contributed by atoms with E-state index >= 15 is 0 Å². The molecule has 1 heterocycles. The van der Waals surface area contributed by atoms with Crippen molar-refractivity contribution in [2.45, 2.75) is 0 Å². The van der Waals surface area contributed by atoms with Gasteiger partial charge in [-0.05, 0) is 50.1 Å². The Kier molecular flexibility index (Phi) is 5.12. The Balaban J connectivity index is 2.30. The molecule has 0 fully saturated rings. The molecule has 2 aromatic rings. The predicted octanol–water partition coefficient (Wildman–Crippen LogP) is 5.24. The van der Waals surface area contributed by atoms with Gasteiger partial charge in [-0.15, -0.1) is 11.3 Å². The number of rotatable bonds is 3. The van der Waals surface area contributed by atoms with Crippen LogP contribution in [0.5, 0.6) is 0 Å². The molecule has 0 spiro atoms. The van der Waals surface area contributed by atoms with Gasteiger partial charge in [-0.1, -0.05) is 17.7 Å². The first-order chi connectivity index (χ1) is 9.40. The van der Waals surface area contributed by atoms with Crippen molar-refractivity contribution in [3.8, 4) is 0 Å². The molecule has 0 unspecified atom stereocenters. The van der Waals surface area contributed by atoms with E-state index in [0.29, 0.717) is 15.6 Å². The van der Waals surface area contributed by atoms with Crippen LogP contribution in [0, 0.1) is 0 Å². The average molecular weight is 439 g/mol. The smallest absolute Gasteiger partial charge is 0.265 e. The van der Waals surface area contributed by atoms with Crippen molar-refractivity contribution in [1.82, 2.24) is 0 Å². The van der Waals surface area contributed by atoms with Crippen LogP contribution in [0.1, 0.15) is 9.67 Å². The summed E-state index contributed by atoms with van der Waals surface area (Å²) in [5.41, 5.74) is 1.48. The standard InChI is InChI=1S/C13H11Br2ClN2OS/c1-18(2)11-8(16)4-3-5-9(11)17-13(19)10-6-7(14)12(15)20-10/h3-6H,1-2H3,(H,17,19). The van der Waals surface area contributed by atoms with E-state index in [1.807, 2.05) is 31.1 Å². The van der Waals surface area contributed by atoms with Gasteiger partial charge in [0, 0.05) is 18.6 Å². The first-order valence-electron chi connectivity index (χ1n) is 5.62. The van der Waals surface area contributed by atoms with Gasteiger partial charge in [-0.25, -0.2) is 0 Å². The first kappa shape index (κ1) is 15.8. The number of carbonyl (C=O) groups excluding carboxylic acids is 1. The highest BCUT2D eigenvalue weighted by Gasteiger charge is 2.15. The van der Waals surface area contributed by atoms with Gasteiger partial charge in [0.05, 0.1) is 25.1 Å². The molecule has 20 heavy (non-hydrogen) atoms. The summed E-state index contributed by atoms with van der Waals surface area (Å²) in [6.07, 6.45) is 0. The van der Waals surface area contributed by atoms with Gasteiger partial charge in [-0.2, -0.15) is 0 Å². The molecular weight excluding hydrogens is 427 g/mol. The number of para-hydroxylation sites is 1. The molecule has 0 bridgehead atoms. The Morgan fingerprint density at radius 2 is 2.05 bits per heavy atom. The average Bonchev–Trinajstić information content (AvgIpc) is 2.69. The van der Waals surface area contributed by atoms with Crippen molar-refractivity contribution in [2.75, 3.05) is 24.3 Å². The number of nitrogens with zero attached hydrogens (tertiary/aromatic N) is 1. The van der Waals surface area contributed by atoms with Crippen LogP contribution in [-0.2, 0) is 0 Å². The van der Waals surface area contributed by atoms with Crippen LogP contribution < -0.4 is 10.2 Å². The zero-order valence-electron chi connectivity index (χ0n) is 10.7. The van der Waals surface area contributed by atoms with Gasteiger partial charge in [0.2, 0.25) is 0 Å². The Morgan fingerprint density at radius 3 is 2.60 bits per heavy atom. The van der Waals surface area contributed by atoms with E-state index in [0.717, 1.165) is 13.9 Å². The minimum absolute atomic E-state index is 0.160. The van der Waals surface area contributed by atoms with Gasteiger partial charge < -0.3 is 10.2 Å². The zero-order chi connectivity index (χ0) is 14.9. The maximum Gasteiger partial charge on any atom is 0.265 e. The molecule has 106 valence electrons. The van der Waals surface area contributed by atoms with Crippen LogP contribution in [0.15, 0.2) is 32.5 Å². The monoisotopic (exact) mass is 436 g/mol. The van der Waals surface area contributed by atoms with E-state index < -0.39 is 0 Å². The molecule has 0 radical (unpaired) electrons. The number of thiophene rings is 1. The number of nitrogens with one attached hydrogen (secondary N) is 1. The van der Waals surface area contributed by atoms with Crippen LogP contribution >= 0.6 is 54.8 Å². The van der Waals surface area contributed by atoms with E-state index in [9.17, 15) is 4.79 Å². The highest BCUT2D eigenvalue weighted by Crippen LogP contribution is 2.35. The summed E-state index contributed by atoms with van der Waals surface area (Å²) in [5.74, 6) is -0.160. The zero-order valence-corrected chi connectivity index (χ0v) is 15.5. The van der Waals surface area contributed by atoms with Crippen molar-refractivity contribution < 1.29 is 4.79 Å². The Labute approximate surface area is 143 Å². The summed E-state index contributed by atoms with van der Waals surface area (Å²) in [7, 11) is 3.77. The molecule has 2 rings (SSSR count). The summed E-state index contributed by atoms with van der Waals surface area (Å²) in [5, 5.41) is 3.49. The minimum atomic E-state index is -0.160. The van der Waals surface area contributed by atoms with Gasteiger partial charge in [-0.3, -0.25) is 4.79 Å². The number of hydrogen-bond acceptors (Lipinski definition) is 3. The summed E-state index contributed by atoms with van der Waals surface area (Å²) in [4.78, 5) is 14.8. The Morgan fingerprint density at radius 1 is 1.35 bits per heavy atom. The molecule has 0 saturated heterocycles. The lowest BCUT2D eigenvalue weighted by molar-refractivity contribution is 0.103. The van der Waals surface area contributed by atoms with E-state index in [1.54, 1.807) is 12.1 Å². The summed E-state index contributed by atoms with van der Waals surface area (Å²) >= 11 is 14.3. The van der Waals surface area contributed by atoms with Crippen LogP contribution in [0.4, 0.5) is 11.4 Å². The van der Waals surface area contributed by atoms with Crippen LogP contribution in [0.3, 0.4) is 0 Å². The second-order valence-electron chi connectivity index (χ2n) is 4.22. The topological polar surface area (TPSA) is 32.3 Å². The summed E-state index contributed by atoms with van der Waals surface area (Å²) < 4.78 is 1.76. The molecule has 0 atom stereocenters. The molecule has 0 aliphatic carbocycles. The second-order valence-corrected chi connectivity index (χ2v) is 7.85. The molecule has 1 N–H and O–H groups in total. The van der Waals surface area contributed by atoms with Crippen molar-refractivity contribution >= 4 is 72.1 Å². The maximum absolute atomic E-state index is 12.3. The fraction of sp³-hybridized carbons (Fsp3) is 0.154. The van der Waals surface area contributed by atoms with Crippen LogP contribution in [-0.4, -0.2) is 20.0 Å². The minimum Gasteiger partial charge on any atom is -0.375 e. The molecule has 0 aliphatic rings. The van der Waals surface area contributed by atoms with Gasteiger partial charge in [0.1, 0.15) is 0 Å². The normalized spacial score (nSPS) is 10.4. The summed E-state index contributed by atoms with van der Waals surface area (Å²) in [6, 6.07) is 7.22. The Bertz CT molecular complexity index is 638. The van der Waals surface area contributed by atoms with Crippen LogP contribution in [0.25, 0.3) is 0 Å². The van der Waals surface area contributed by atoms with Crippen molar-refractivity contribution in [1.29, 1.82) is 0 Å². The lowest BCUT2D eigenvalue weighted by Gasteiger charge is -2.19. The molecule has 3 nitrogen and oxygen atoms in total. The second kappa shape index (κ2) is 6.47. The third-order valence-electron chi connectivity index (χ3n) is 2.55. The van der Waals surface area contributed by atoms with Crippen molar-refractivity contribution in [2.24, 2.45) is 0 Å². The molecular formula is C13H11Br2ClN2OS. The fourth-order valence-corrected chi connectivity index (χ4v) is 3.99. The molecule has 0 aliphatic heterocycles. The number of hydrogen-bond donors (Lipinski definition) is 1. The van der Waals surface area contributed by atoms with Gasteiger partial charge >= 0.3 is 0 Å². The number of halogens is 3. The number of amides is 1. The molecule has 7 heteroatoms. The molecule has 0 saturated carbocycles. The largest absolute Gasteiger partial charge is 0.375 e. The maximum atomic E-state index is 12.3. The van der Waals surface area contributed by atoms with Crippen molar-refractivity contribution in [3.63, 3.8) is 0 Å². The lowest BCUT2D eigenvalue weighted by Crippen LogP contribution is -2.16. The SMILES string of the molecule is CN(C)c1c(Cl)cccc1NC(=O)c1cc(Br)c(Br)s1. The number of benzene rings is 1. The Hall–Kier alpha value is -0.560. The fourth-order valence-electron chi connectivity index (χ4n) is 1.71. The van der Waals surface area contributed by atoms with E-state index in [2.05, 4.69) is 37.2 Å². The highest BCUT2D eigenvalue weighted by atomic mass is 79.9. The lowest BCUT2D eigenvalue weighted by atomic mass is 10.2. The van der Waals surface area contributed by atoms with Crippen LogP contribution in [0.2, 0.25) is 5.02 Å². The third-order valence-corrected chi connectivity index (χ3v) is 6.11. The summed E-state index contributed by atoms with van der Waals surface area (Å²) in [6.45, 7) is 0. The van der Waals surface area contributed by atoms with Gasteiger partial charge in [0.15, 0.2) is 0 Å². The number of carbonyl (C=O) groups is 1. The molecule has 1 aromatic heterocycles. The highest BCUT2D eigenvalue weighted by molar-refractivity contribution is 9.13. The first-order valence-corrected chi connectivity index (χ1v) is 8.40. The van der Waals surface area contributed by atoms with Gasteiger partial charge in [0.25, 0.3) is 5.91 Å². The third kappa shape index (κ3) is 3.36. The quantitative estimate of drug-likeness (QED) is 0.710. The molecule has 1 aromatic carbocycles.